The maximum absolute atomic E-state index is 11.5. The Morgan fingerprint density at radius 1 is 1.19 bits per heavy atom. The molecule has 1 aromatic carbocycles. The van der Waals surface area contributed by atoms with Gasteiger partial charge in [-0.3, -0.25) is 4.79 Å². The largest absolute Gasteiger partial charge is 0.491 e. The second-order valence-electron chi connectivity index (χ2n) is 6.19. The normalized spacial score (nSPS) is 11.1. The van der Waals surface area contributed by atoms with Crippen LogP contribution in [-0.4, -0.2) is 21.1 Å². The minimum Gasteiger partial charge on any atom is -0.491 e. The van der Waals surface area contributed by atoms with Crippen molar-refractivity contribution in [3.05, 3.63) is 57.8 Å². The van der Waals surface area contributed by atoms with Gasteiger partial charge in [0, 0.05) is 23.1 Å². The number of rotatable bonds is 6. The van der Waals surface area contributed by atoms with Crippen LogP contribution in [0.25, 0.3) is 11.5 Å². The van der Waals surface area contributed by atoms with Gasteiger partial charge in [0.25, 0.3) is 5.56 Å². The molecule has 0 unspecified atom stereocenters. The Kier molecular flexibility index (Phi) is 5.46. The minimum atomic E-state index is -0.152. The highest BCUT2D eigenvalue weighted by molar-refractivity contribution is 7.98. The minimum absolute atomic E-state index is 0.134. The van der Waals surface area contributed by atoms with Crippen molar-refractivity contribution in [2.24, 2.45) is 0 Å². The number of nitrogens with one attached hydrogen (secondary N) is 1. The lowest BCUT2D eigenvalue weighted by Crippen LogP contribution is -2.08. The van der Waals surface area contributed by atoms with Gasteiger partial charge in [-0.15, -0.1) is 0 Å². The summed E-state index contributed by atoms with van der Waals surface area (Å²) in [5.74, 6) is 2.71. The van der Waals surface area contributed by atoms with Gasteiger partial charge in [0.05, 0.1) is 11.8 Å². The summed E-state index contributed by atoms with van der Waals surface area (Å²) in [5, 5.41) is 0.578. The van der Waals surface area contributed by atoms with E-state index in [0.29, 0.717) is 22.5 Å². The molecule has 3 aromatic rings. The second-order valence-corrected chi connectivity index (χ2v) is 7.16. The van der Waals surface area contributed by atoms with Crippen molar-refractivity contribution in [3.63, 3.8) is 0 Å². The zero-order valence-corrected chi connectivity index (χ0v) is 16.0. The molecule has 7 heteroatoms. The first-order valence-electron chi connectivity index (χ1n) is 8.35. The van der Waals surface area contributed by atoms with E-state index in [2.05, 4.69) is 15.0 Å². The van der Waals surface area contributed by atoms with E-state index in [0.717, 1.165) is 22.8 Å². The summed E-state index contributed by atoms with van der Waals surface area (Å²) in [6.45, 7) is 7.66. The van der Waals surface area contributed by atoms with E-state index in [9.17, 15) is 4.79 Å². The summed E-state index contributed by atoms with van der Waals surface area (Å²) < 4.78 is 11.5. The fourth-order valence-electron chi connectivity index (χ4n) is 2.39. The van der Waals surface area contributed by atoms with Crippen molar-refractivity contribution >= 4 is 11.8 Å². The van der Waals surface area contributed by atoms with Crippen LogP contribution in [0.3, 0.4) is 0 Å². The smallest absolute Gasteiger partial charge is 0.251 e. The lowest BCUT2D eigenvalue weighted by atomic mass is 10.2. The van der Waals surface area contributed by atoms with Crippen LogP contribution < -0.4 is 10.3 Å². The highest BCUT2D eigenvalue weighted by Gasteiger charge is 2.13. The van der Waals surface area contributed by atoms with Gasteiger partial charge in [-0.1, -0.05) is 11.8 Å². The van der Waals surface area contributed by atoms with E-state index in [1.54, 1.807) is 6.92 Å². The van der Waals surface area contributed by atoms with E-state index >= 15 is 0 Å². The highest BCUT2D eigenvalue weighted by Crippen LogP contribution is 2.27. The van der Waals surface area contributed by atoms with Gasteiger partial charge < -0.3 is 14.1 Å². The van der Waals surface area contributed by atoms with Gasteiger partial charge in [0.15, 0.2) is 5.16 Å². The SMILES string of the molecule is Cc1cc(=O)[nH]c(SCc2nc(-c3ccc(OC(C)C)cc3)oc2C)n1. The number of aromatic amines is 1. The molecule has 3 rings (SSSR count). The third-order valence-corrected chi connectivity index (χ3v) is 4.44. The predicted octanol–water partition coefficient (Wildman–Crippen LogP) is 4.12. The standard InChI is InChI=1S/C19H21N3O3S/c1-11(2)24-15-7-5-14(6-8-15)18-21-16(13(4)25-18)10-26-19-20-12(3)9-17(23)22-19/h5-9,11H,10H2,1-4H3,(H,20,22,23). The molecule has 0 spiro atoms. The van der Waals surface area contributed by atoms with Crippen LogP contribution in [0.4, 0.5) is 0 Å². The van der Waals surface area contributed by atoms with Crippen molar-refractivity contribution in [1.29, 1.82) is 0 Å². The number of oxazole rings is 1. The fourth-order valence-corrected chi connectivity index (χ4v) is 3.31. The van der Waals surface area contributed by atoms with Gasteiger partial charge in [-0.25, -0.2) is 9.97 Å². The molecule has 1 N–H and O–H groups in total. The maximum Gasteiger partial charge on any atom is 0.251 e. The third kappa shape index (κ3) is 4.54. The van der Waals surface area contributed by atoms with Crippen LogP contribution in [0.15, 0.2) is 44.7 Å². The molecule has 0 aliphatic rings. The van der Waals surface area contributed by atoms with Crippen molar-refractivity contribution in [2.75, 3.05) is 0 Å². The molecule has 0 aliphatic carbocycles. The summed E-state index contributed by atoms with van der Waals surface area (Å²) in [6.07, 6.45) is 0.134. The van der Waals surface area contributed by atoms with Crippen molar-refractivity contribution in [3.8, 4) is 17.2 Å². The maximum atomic E-state index is 11.5. The van der Waals surface area contributed by atoms with Crippen LogP contribution in [-0.2, 0) is 5.75 Å². The average Bonchev–Trinajstić information content (AvgIpc) is 2.93. The molecule has 0 amide bonds. The van der Waals surface area contributed by atoms with E-state index in [-0.39, 0.29) is 11.7 Å². The Balaban J connectivity index is 1.73. The zero-order valence-electron chi connectivity index (χ0n) is 15.2. The summed E-state index contributed by atoms with van der Waals surface area (Å²) in [4.78, 5) is 23.1. The van der Waals surface area contributed by atoms with Gasteiger partial charge in [-0.2, -0.15) is 0 Å². The first-order valence-corrected chi connectivity index (χ1v) is 9.33. The molecule has 0 aliphatic heterocycles. The first kappa shape index (κ1) is 18.3. The van der Waals surface area contributed by atoms with Crippen molar-refractivity contribution in [2.45, 2.75) is 44.7 Å². The molecular formula is C19H21N3O3S. The molecule has 0 fully saturated rings. The van der Waals surface area contributed by atoms with Crippen LogP contribution >= 0.6 is 11.8 Å². The van der Waals surface area contributed by atoms with Gasteiger partial charge >= 0.3 is 0 Å². The topological polar surface area (TPSA) is 81.0 Å². The molecule has 0 bridgehead atoms. The Morgan fingerprint density at radius 2 is 1.92 bits per heavy atom. The Bertz CT molecular complexity index is 945. The second kappa shape index (κ2) is 7.78. The van der Waals surface area contributed by atoms with E-state index < -0.39 is 0 Å². The molecular weight excluding hydrogens is 350 g/mol. The van der Waals surface area contributed by atoms with Crippen LogP contribution in [0, 0.1) is 13.8 Å². The van der Waals surface area contributed by atoms with Crippen LogP contribution in [0.1, 0.15) is 31.0 Å². The molecule has 0 radical (unpaired) electrons. The summed E-state index contributed by atoms with van der Waals surface area (Å²) in [6, 6.07) is 9.14. The number of aromatic nitrogens is 3. The highest BCUT2D eigenvalue weighted by atomic mass is 32.2. The number of thioether (sulfide) groups is 1. The molecule has 26 heavy (non-hydrogen) atoms. The summed E-state index contributed by atoms with van der Waals surface area (Å²) in [7, 11) is 0. The van der Waals surface area contributed by atoms with Crippen molar-refractivity contribution < 1.29 is 9.15 Å². The monoisotopic (exact) mass is 371 g/mol. The average molecular weight is 371 g/mol. The number of benzene rings is 1. The Morgan fingerprint density at radius 3 is 2.58 bits per heavy atom. The summed E-state index contributed by atoms with van der Waals surface area (Å²) >= 11 is 1.42. The molecule has 0 saturated carbocycles. The number of nitrogens with zero attached hydrogens (tertiary/aromatic N) is 2. The predicted molar refractivity (Wildman–Crippen MR) is 102 cm³/mol. The fraction of sp³-hybridized carbons (Fsp3) is 0.316. The molecule has 0 atom stereocenters. The molecule has 2 aromatic heterocycles. The summed E-state index contributed by atoms with van der Waals surface area (Å²) in [5.41, 5.74) is 2.26. The van der Waals surface area contributed by atoms with Gasteiger partial charge in [-0.05, 0) is 52.0 Å². The lowest BCUT2D eigenvalue weighted by molar-refractivity contribution is 0.242. The van der Waals surface area contributed by atoms with Crippen LogP contribution in [0.2, 0.25) is 0 Å². The Labute approximate surface area is 156 Å². The molecule has 0 saturated heterocycles. The van der Waals surface area contributed by atoms with Gasteiger partial charge in [0.1, 0.15) is 11.5 Å². The number of aryl methyl sites for hydroxylation is 2. The number of ether oxygens (including phenoxy) is 1. The van der Waals surface area contributed by atoms with Crippen molar-refractivity contribution in [1.82, 2.24) is 15.0 Å². The zero-order chi connectivity index (χ0) is 18.7. The number of H-pyrrole nitrogens is 1. The Hall–Kier alpha value is -2.54. The molecule has 2 heterocycles. The van der Waals surface area contributed by atoms with E-state index in [4.69, 9.17) is 9.15 Å². The number of hydrogen-bond acceptors (Lipinski definition) is 6. The molecule has 6 nitrogen and oxygen atoms in total. The lowest BCUT2D eigenvalue weighted by Gasteiger charge is -2.09. The van der Waals surface area contributed by atoms with Crippen LogP contribution in [0.5, 0.6) is 5.75 Å². The quantitative estimate of drug-likeness (QED) is 0.518. The molecule has 136 valence electrons. The number of hydrogen-bond donors (Lipinski definition) is 1. The van der Waals surface area contributed by atoms with E-state index in [1.165, 1.54) is 17.8 Å². The van der Waals surface area contributed by atoms with Gasteiger partial charge in [0.2, 0.25) is 5.89 Å². The van der Waals surface area contributed by atoms with E-state index in [1.807, 2.05) is 45.0 Å². The first-order chi connectivity index (χ1) is 12.4. The third-order valence-electron chi connectivity index (χ3n) is 3.56.